The Balaban J connectivity index is 2.68. The summed E-state index contributed by atoms with van der Waals surface area (Å²) in [6.45, 7) is 3.44. The molecule has 0 bridgehead atoms. The van der Waals surface area contributed by atoms with Crippen molar-refractivity contribution in [3.8, 4) is 0 Å². The van der Waals surface area contributed by atoms with Gasteiger partial charge in [-0.15, -0.1) is 0 Å². The summed E-state index contributed by atoms with van der Waals surface area (Å²) in [5, 5.41) is 9.97. The number of hydrogen-bond acceptors (Lipinski definition) is 6. The first-order valence-corrected chi connectivity index (χ1v) is 5.10. The summed E-state index contributed by atoms with van der Waals surface area (Å²) >= 11 is 1.32. The summed E-state index contributed by atoms with van der Waals surface area (Å²) in [5.41, 5.74) is 10.2. The molecule has 0 radical (unpaired) electrons. The maximum absolute atomic E-state index is 9.48. The Bertz CT molecular complexity index is 303. The van der Waals surface area contributed by atoms with Crippen molar-refractivity contribution in [2.75, 3.05) is 17.2 Å². The Kier molecular flexibility index (Phi) is 3.17. The molecule has 0 spiro atoms. The Morgan fingerprint density at radius 1 is 1.36 bits per heavy atom. The lowest BCUT2D eigenvalue weighted by molar-refractivity contribution is 0.107. The summed E-state index contributed by atoms with van der Waals surface area (Å²) in [6.07, 6.45) is 0. The molecule has 5 N–H and O–H groups in total. The topological polar surface area (TPSA) is 98.0 Å². The molecule has 6 heteroatoms. The molecule has 0 fully saturated rings. The van der Waals surface area contributed by atoms with Gasteiger partial charge in [-0.25, -0.2) is 9.97 Å². The van der Waals surface area contributed by atoms with Crippen molar-refractivity contribution in [1.82, 2.24) is 9.97 Å². The van der Waals surface area contributed by atoms with E-state index in [2.05, 4.69) is 9.97 Å². The third-order valence-electron chi connectivity index (χ3n) is 1.30. The number of rotatable bonds is 3. The average Bonchev–Trinajstić information content (AvgIpc) is 1.97. The monoisotopic (exact) mass is 214 g/mol. The number of aromatic nitrogens is 2. The van der Waals surface area contributed by atoms with Crippen molar-refractivity contribution < 1.29 is 5.11 Å². The van der Waals surface area contributed by atoms with Crippen LogP contribution in [0.25, 0.3) is 0 Å². The fourth-order valence-corrected chi connectivity index (χ4v) is 1.59. The van der Waals surface area contributed by atoms with Gasteiger partial charge in [-0.3, -0.25) is 0 Å². The Morgan fingerprint density at radius 3 is 2.29 bits per heavy atom. The van der Waals surface area contributed by atoms with Crippen molar-refractivity contribution in [3.63, 3.8) is 0 Å². The van der Waals surface area contributed by atoms with E-state index in [9.17, 15) is 5.11 Å². The lowest BCUT2D eigenvalue weighted by atomic mass is 10.2. The van der Waals surface area contributed by atoms with Crippen LogP contribution in [-0.2, 0) is 0 Å². The van der Waals surface area contributed by atoms with Crippen molar-refractivity contribution >= 4 is 23.4 Å². The van der Waals surface area contributed by atoms with E-state index in [1.165, 1.54) is 17.8 Å². The molecule has 0 saturated heterocycles. The molecule has 0 aliphatic carbocycles. The van der Waals surface area contributed by atoms with Crippen LogP contribution in [0.15, 0.2) is 11.2 Å². The second-order valence-corrected chi connectivity index (χ2v) is 4.54. The third kappa shape index (κ3) is 3.80. The van der Waals surface area contributed by atoms with Crippen molar-refractivity contribution in [3.05, 3.63) is 6.07 Å². The van der Waals surface area contributed by atoms with Gasteiger partial charge in [0.05, 0.1) is 5.60 Å². The number of aliphatic hydroxyl groups is 1. The normalized spacial score (nSPS) is 11.6. The van der Waals surface area contributed by atoms with E-state index in [4.69, 9.17) is 11.5 Å². The van der Waals surface area contributed by atoms with Crippen molar-refractivity contribution in [2.24, 2.45) is 0 Å². The lowest BCUT2D eigenvalue weighted by Gasteiger charge is -2.15. The van der Waals surface area contributed by atoms with Crippen LogP contribution >= 0.6 is 11.8 Å². The number of nitrogens with zero attached hydrogens (tertiary/aromatic N) is 2. The smallest absolute Gasteiger partial charge is 0.191 e. The lowest BCUT2D eigenvalue weighted by Crippen LogP contribution is -2.21. The van der Waals surface area contributed by atoms with Crippen LogP contribution in [-0.4, -0.2) is 26.4 Å². The average molecular weight is 214 g/mol. The number of nitrogen functional groups attached to an aromatic ring is 2. The second-order valence-electron chi connectivity index (χ2n) is 3.60. The van der Waals surface area contributed by atoms with Crippen molar-refractivity contribution in [2.45, 2.75) is 24.6 Å². The van der Waals surface area contributed by atoms with Gasteiger partial charge < -0.3 is 16.6 Å². The fraction of sp³-hybridized carbons (Fsp3) is 0.500. The van der Waals surface area contributed by atoms with E-state index in [0.29, 0.717) is 22.5 Å². The highest BCUT2D eigenvalue weighted by Gasteiger charge is 2.14. The molecule has 1 aromatic rings. The molecule has 0 saturated carbocycles. The van der Waals surface area contributed by atoms with Gasteiger partial charge in [0.2, 0.25) is 0 Å². The van der Waals surface area contributed by atoms with Crippen molar-refractivity contribution in [1.29, 1.82) is 0 Å². The molecule has 1 aromatic heterocycles. The summed E-state index contributed by atoms with van der Waals surface area (Å²) in [7, 11) is 0. The van der Waals surface area contributed by atoms with Crippen LogP contribution in [0.2, 0.25) is 0 Å². The van der Waals surface area contributed by atoms with Gasteiger partial charge in [0.1, 0.15) is 11.6 Å². The minimum Gasteiger partial charge on any atom is -0.390 e. The number of thioether (sulfide) groups is 1. The van der Waals surface area contributed by atoms with Gasteiger partial charge in [-0.1, -0.05) is 11.8 Å². The molecule has 0 atom stereocenters. The zero-order chi connectivity index (χ0) is 10.8. The third-order valence-corrected chi connectivity index (χ3v) is 2.59. The number of anilines is 2. The van der Waals surface area contributed by atoms with E-state index >= 15 is 0 Å². The minimum atomic E-state index is -0.757. The molecule has 0 aliphatic heterocycles. The van der Waals surface area contributed by atoms with Gasteiger partial charge in [0.15, 0.2) is 5.16 Å². The summed E-state index contributed by atoms with van der Waals surface area (Å²) in [5.74, 6) is 1.18. The van der Waals surface area contributed by atoms with E-state index < -0.39 is 5.60 Å². The molecule has 0 aliphatic rings. The molecule has 1 heterocycles. The highest BCUT2D eigenvalue weighted by molar-refractivity contribution is 7.99. The molecule has 5 nitrogen and oxygen atoms in total. The Labute approximate surface area is 86.9 Å². The molecular weight excluding hydrogens is 200 g/mol. The van der Waals surface area contributed by atoms with Gasteiger partial charge in [0.25, 0.3) is 0 Å². The molecule has 0 amide bonds. The van der Waals surface area contributed by atoms with Crippen LogP contribution in [0, 0.1) is 0 Å². The van der Waals surface area contributed by atoms with Crippen LogP contribution in [0.5, 0.6) is 0 Å². The molecule has 78 valence electrons. The zero-order valence-electron chi connectivity index (χ0n) is 8.19. The maximum Gasteiger partial charge on any atom is 0.191 e. The predicted molar refractivity (Wildman–Crippen MR) is 57.9 cm³/mol. The largest absolute Gasteiger partial charge is 0.390 e. The summed E-state index contributed by atoms with van der Waals surface area (Å²) in [4.78, 5) is 7.95. The highest BCUT2D eigenvalue weighted by atomic mass is 32.2. The zero-order valence-corrected chi connectivity index (χ0v) is 9.01. The second kappa shape index (κ2) is 4.02. The van der Waals surface area contributed by atoms with Crippen LogP contribution < -0.4 is 11.5 Å². The van der Waals surface area contributed by atoms with Crippen LogP contribution in [0.4, 0.5) is 11.6 Å². The molecule has 14 heavy (non-hydrogen) atoms. The van der Waals surface area contributed by atoms with E-state index in [1.807, 2.05) is 0 Å². The van der Waals surface area contributed by atoms with Crippen LogP contribution in [0.3, 0.4) is 0 Å². The Hall–Kier alpha value is -1.01. The van der Waals surface area contributed by atoms with E-state index in [-0.39, 0.29) is 0 Å². The summed E-state index contributed by atoms with van der Waals surface area (Å²) in [6, 6.07) is 1.49. The molecule has 1 rings (SSSR count). The summed E-state index contributed by atoms with van der Waals surface area (Å²) < 4.78 is 0. The number of nitrogens with two attached hydrogens (primary N) is 2. The molecule has 0 aromatic carbocycles. The van der Waals surface area contributed by atoms with Gasteiger partial charge in [-0.05, 0) is 13.8 Å². The van der Waals surface area contributed by atoms with E-state index in [1.54, 1.807) is 13.8 Å². The predicted octanol–water partition coefficient (Wildman–Crippen LogP) is 0.504. The van der Waals surface area contributed by atoms with Gasteiger partial charge in [0, 0.05) is 11.8 Å². The maximum atomic E-state index is 9.48. The molecular formula is C8H14N4OS. The SMILES string of the molecule is CC(C)(O)CSc1nc(N)cc(N)n1. The standard InChI is InChI=1S/C8H14N4OS/c1-8(2,13)4-14-7-11-5(9)3-6(10)12-7/h3,13H,4H2,1-2H3,(H4,9,10,11,12). The molecule has 0 unspecified atom stereocenters. The van der Waals surface area contributed by atoms with Gasteiger partial charge in [-0.2, -0.15) is 0 Å². The highest BCUT2D eigenvalue weighted by Crippen LogP contribution is 2.20. The first kappa shape index (κ1) is 11.1. The first-order chi connectivity index (χ1) is 6.37. The first-order valence-electron chi connectivity index (χ1n) is 4.12. The fourth-order valence-electron chi connectivity index (χ4n) is 0.768. The van der Waals surface area contributed by atoms with E-state index in [0.717, 1.165) is 0 Å². The quantitative estimate of drug-likeness (QED) is 0.501. The van der Waals surface area contributed by atoms with Gasteiger partial charge >= 0.3 is 0 Å². The van der Waals surface area contributed by atoms with Crippen LogP contribution in [0.1, 0.15) is 13.8 Å². The number of hydrogen-bond donors (Lipinski definition) is 3. The Morgan fingerprint density at radius 2 is 1.86 bits per heavy atom. The minimum absolute atomic E-state index is 0.343.